The number of aromatic nitrogens is 3. The van der Waals surface area contributed by atoms with E-state index in [0.717, 1.165) is 52.1 Å². The van der Waals surface area contributed by atoms with Crippen LogP contribution in [0, 0.1) is 0 Å². The Balaban J connectivity index is 1.24. The molecular weight excluding hydrogens is 556 g/mol. The average Bonchev–Trinajstić information content (AvgIpc) is 3.05. The van der Waals surface area contributed by atoms with Crippen molar-refractivity contribution in [2.45, 2.75) is 13.3 Å². The van der Waals surface area contributed by atoms with Crippen LogP contribution in [0.25, 0.3) is 33.4 Å². The van der Waals surface area contributed by atoms with Gasteiger partial charge in [0.2, 0.25) is 5.88 Å². The van der Waals surface area contributed by atoms with Crippen LogP contribution in [0.3, 0.4) is 0 Å². The van der Waals surface area contributed by atoms with Crippen molar-refractivity contribution in [3.63, 3.8) is 0 Å². The van der Waals surface area contributed by atoms with Crippen molar-refractivity contribution in [3.8, 4) is 28.4 Å². The number of nitrogens with zero attached hydrogens (tertiary/aromatic N) is 4. The van der Waals surface area contributed by atoms with Gasteiger partial charge in [-0.05, 0) is 72.6 Å². The molecule has 10 heteroatoms. The third-order valence-corrected chi connectivity index (χ3v) is 7.33. The fourth-order valence-electron chi connectivity index (χ4n) is 5.10. The monoisotopic (exact) mass is 588 g/mol. The summed E-state index contributed by atoms with van der Waals surface area (Å²) in [5.74, 6) is 2.10. The Morgan fingerprint density at radius 1 is 0.841 bits per heavy atom. The molecule has 0 bridgehead atoms. The Morgan fingerprint density at radius 3 is 2.14 bits per heavy atom. The standard InChI is InChI=1S/C34H32N6O4/c1-22(41)19-23-3-9-27(10-4-23)36-34(42)37-28-11-5-24(6-12-28)32-38-30-20-25(26-8-14-31(43-2)35-21-26)7-13-29(30)33(39-32)40-15-17-44-18-16-40/h3-14,20-21H,15-19H2,1-2H3,(H2,36,37,42). The highest BCUT2D eigenvalue weighted by Crippen LogP contribution is 2.32. The number of morpholine rings is 1. The molecule has 1 aliphatic rings. The number of hydrogen-bond donors (Lipinski definition) is 2. The van der Waals surface area contributed by atoms with Crippen molar-refractivity contribution in [2.24, 2.45) is 0 Å². The molecule has 10 nitrogen and oxygen atoms in total. The SMILES string of the molecule is COc1ccc(-c2ccc3c(N4CCOCC4)nc(-c4ccc(NC(=O)Nc5ccc(CC(C)=O)cc5)cc4)nc3c2)cn1. The van der Waals surface area contributed by atoms with Crippen molar-refractivity contribution < 1.29 is 19.1 Å². The summed E-state index contributed by atoms with van der Waals surface area (Å²) in [6.45, 7) is 4.32. The van der Waals surface area contributed by atoms with Crippen molar-refractivity contribution in [2.75, 3.05) is 48.9 Å². The molecule has 1 fully saturated rings. The van der Waals surface area contributed by atoms with Gasteiger partial charge in [-0.25, -0.2) is 19.7 Å². The summed E-state index contributed by atoms with van der Waals surface area (Å²) >= 11 is 0. The molecule has 0 spiro atoms. The van der Waals surface area contributed by atoms with Crippen LogP contribution in [-0.2, 0) is 16.0 Å². The van der Waals surface area contributed by atoms with Crippen LogP contribution in [-0.4, -0.2) is 60.2 Å². The summed E-state index contributed by atoms with van der Waals surface area (Å²) in [6.07, 6.45) is 2.16. The molecule has 44 heavy (non-hydrogen) atoms. The maximum atomic E-state index is 12.6. The predicted molar refractivity (Wildman–Crippen MR) is 171 cm³/mol. The lowest BCUT2D eigenvalue weighted by atomic mass is 10.0. The zero-order valence-electron chi connectivity index (χ0n) is 24.5. The molecule has 0 atom stereocenters. The molecule has 2 amide bonds. The van der Waals surface area contributed by atoms with Crippen molar-refractivity contribution in [1.29, 1.82) is 0 Å². The van der Waals surface area contributed by atoms with Crippen molar-refractivity contribution in [3.05, 3.63) is 90.6 Å². The molecule has 2 N–H and O–H groups in total. The van der Waals surface area contributed by atoms with E-state index in [9.17, 15) is 9.59 Å². The molecule has 0 radical (unpaired) electrons. The second-order valence-electron chi connectivity index (χ2n) is 10.5. The van der Waals surface area contributed by atoms with E-state index in [0.29, 0.717) is 42.7 Å². The number of carbonyl (C=O) groups excluding carboxylic acids is 2. The number of hydrogen-bond acceptors (Lipinski definition) is 8. The van der Waals surface area contributed by atoms with Crippen LogP contribution < -0.4 is 20.3 Å². The van der Waals surface area contributed by atoms with Crippen LogP contribution >= 0.6 is 0 Å². The normalized spacial score (nSPS) is 13.0. The smallest absolute Gasteiger partial charge is 0.323 e. The van der Waals surface area contributed by atoms with E-state index in [-0.39, 0.29) is 11.8 Å². The molecule has 222 valence electrons. The summed E-state index contributed by atoms with van der Waals surface area (Å²) in [6, 6.07) is 24.3. The number of pyridine rings is 1. The van der Waals surface area contributed by atoms with Gasteiger partial charge < -0.3 is 25.0 Å². The van der Waals surface area contributed by atoms with Gasteiger partial charge >= 0.3 is 6.03 Å². The van der Waals surface area contributed by atoms with Crippen molar-refractivity contribution >= 4 is 39.9 Å². The summed E-state index contributed by atoms with van der Waals surface area (Å²) in [7, 11) is 1.60. The van der Waals surface area contributed by atoms with E-state index >= 15 is 0 Å². The number of ether oxygens (including phenoxy) is 2. The van der Waals surface area contributed by atoms with Gasteiger partial charge in [0.1, 0.15) is 11.6 Å². The number of fused-ring (bicyclic) bond motifs is 1. The number of nitrogens with one attached hydrogen (secondary N) is 2. The first-order chi connectivity index (χ1) is 21.4. The number of amides is 2. The topological polar surface area (TPSA) is 119 Å². The first-order valence-corrected chi connectivity index (χ1v) is 14.4. The highest BCUT2D eigenvalue weighted by molar-refractivity contribution is 6.00. The maximum Gasteiger partial charge on any atom is 0.323 e. The molecule has 0 aliphatic carbocycles. The Hall–Kier alpha value is -5.35. The summed E-state index contributed by atoms with van der Waals surface area (Å²) < 4.78 is 10.8. The summed E-state index contributed by atoms with van der Waals surface area (Å²) in [4.78, 5) is 40.5. The van der Waals surface area contributed by atoms with Gasteiger partial charge in [0.05, 0.1) is 25.8 Å². The van der Waals surface area contributed by atoms with E-state index in [1.165, 1.54) is 0 Å². The molecule has 1 saturated heterocycles. The first kappa shape index (κ1) is 28.8. The minimum atomic E-state index is -0.367. The lowest BCUT2D eigenvalue weighted by molar-refractivity contribution is -0.116. The van der Waals surface area contributed by atoms with Gasteiger partial charge in [0, 0.05) is 59.7 Å². The van der Waals surface area contributed by atoms with Gasteiger partial charge in [-0.3, -0.25) is 4.79 Å². The zero-order valence-corrected chi connectivity index (χ0v) is 24.5. The fourth-order valence-corrected chi connectivity index (χ4v) is 5.10. The highest BCUT2D eigenvalue weighted by Gasteiger charge is 2.19. The summed E-state index contributed by atoms with van der Waals surface area (Å²) in [5, 5.41) is 6.64. The fraction of sp³-hybridized carbons (Fsp3) is 0.206. The number of ketones is 1. The predicted octanol–water partition coefficient (Wildman–Crippen LogP) is 5.98. The number of urea groups is 1. The number of rotatable bonds is 8. The Morgan fingerprint density at radius 2 is 1.50 bits per heavy atom. The highest BCUT2D eigenvalue weighted by atomic mass is 16.5. The number of methoxy groups -OCH3 is 1. The molecule has 3 aromatic carbocycles. The molecule has 3 heterocycles. The van der Waals surface area contributed by atoms with Gasteiger partial charge in [0.25, 0.3) is 0 Å². The second-order valence-corrected chi connectivity index (χ2v) is 10.5. The number of anilines is 3. The number of Topliss-reactive ketones (excluding diaryl/α,β-unsaturated/α-hetero) is 1. The van der Waals surface area contributed by atoms with Crippen LogP contribution in [0.5, 0.6) is 5.88 Å². The van der Waals surface area contributed by atoms with Gasteiger partial charge in [0.15, 0.2) is 5.82 Å². The Labute approximate surface area is 255 Å². The average molecular weight is 589 g/mol. The molecule has 1 aliphatic heterocycles. The van der Waals surface area contributed by atoms with E-state index in [1.54, 1.807) is 32.4 Å². The van der Waals surface area contributed by atoms with Crippen LogP contribution in [0.15, 0.2) is 85.1 Å². The minimum absolute atomic E-state index is 0.0918. The largest absolute Gasteiger partial charge is 0.481 e. The second kappa shape index (κ2) is 12.9. The summed E-state index contributed by atoms with van der Waals surface area (Å²) in [5.41, 5.74) is 5.76. The van der Waals surface area contributed by atoms with Gasteiger partial charge in [-0.1, -0.05) is 18.2 Å². The van der Waals surface area contributed by atoms with Crippen LogP contribution in [0.1, 0.15) is 12.5 Å². The minimum Gasteiger partial charge on any atom is -0.481 e. The molecule has 0 saturated carbocycles. The van der Waals surface area contributed by atoms with E-state index in [4.69, 9.17) is 19.4 Å². The number of benzene rings is 3. The molecule has 6 rings (SSSR count). The quantitative estimate of drug-likeness (QED) is 0.227. The molecule has 0 unspecified atom stereocenters. The van der Waals surface area contributed by atoms with E-state index < -0.39 is 0 Å². The first-order valence-electron chi connectivity index (χ1n) is 14.4. The van der Waals surface area contributed by atoms with Crippen LogP contribution in [0.4, 0.5) is 22.0 Å². The zero-order chi connectivity index (χ0) is 30.5. The van der Waals surface area contributed by atoms with E-state index in [1.807, 2.05) is 48.5 Å². The Bertz CT molecular complexity index is 1780. The lowest BCUT2D eigenvalue weighted by Crippen LogP contribution is -2.37. The van der Waals surface area contributed by atoms with Gasteiger partial charge in [-0.2, -0.15) is 0 Å². The molecule has 2 aromatic heterocycles. The molecular formula is C34H32N6O4. The third-order valence-electron chi connectivity index (χ3n) is 7.33. The third kappa shape index (κ3) is 6.66. The van der Waals surface area contributed by atoms with Crippen LogP contribution in [0.2, 0.25) is 0 Å². The Kier molecular flexibility index (Phi) is 8.42. The molecule has 5 aromatic rings. The van der Waals surface area contributed by atoms with Gasteiger partial charge in [-0.15, -0.1) is 0 Å². The van der Waals surface area contributed by atoms with Crippen molar-refractivity contribution in [1.82, 2.24) is 15.0 Å². The van der Waals surface area contributed by atoms with E-state index in [2.05, 4.69) is 38.7 Å². The maximum absolute atomic E-state index is 12.6. The number of carbonyl (C=O) groups is 2. The lowest BCUT2D eigenvalue weighted by Gasteiger charge is -2.29.